The molecule has 0 aliphatic heterocycles. The fourth-order valence-electron chi connectivity index (χ4n) is 7.67. The van der Waals surface area contributed by atoms with Gasteiger partial charge < -0.3 is 19.9 Å². The van der Waals surface area contributed by atoms with E-state index in [-0.39, 0.29) is 24.0 Å². The van der Waals surface area contributed by atoms with Crippen molar-refractivity contribution in [2.24, 2.45) is 0 Å². The van der Waals surface area contributed by atoms with E-state index in [1.54, 1.807) is 6.92 Å². The van der Waals surface area contributed by atoms with Crippen molar-refractivity contribution in [2.75, 3.05) is 41.3 Å². The average Bonchev–Trinajstić information content (AvgIpc) is 3.13. The molecule has 1 saturated carbocycles. The molecule has 5 heteroatoms. The van der Waals surface area contributed by atoms with Crippen molar-refractivity contribution in [1.29, 1.82) is 0 Å². The van der Waals surface area contributed by atoms with Crippen LogP contribution in [-0.2, 0) is 9.53 Å². The van der Waals surface area contributed by atoms with Gasteiger partial charge in [0.2, 0.25) is 0 Å². The molecule has 1 aliphatic rings. The summed E-state index contributed by atoms with van der Waals surface area (Å²) in [5, 5.41) is 6.26. The van der Waals surface area contributed by atoms with Crippen LogP contribution in [0.5, 0.6) is 0 Å². The van der Waals surface area contributed by atoms with Crippen molar-refractivity contribution in [2.45, 2.75) is 104 Å². The zero-order valence-corrected chi connectivity index (χ0v) is 31.2. The van der Waals surface area contributed by atoms with Gasteiger partial charge in [0.15, 0.2) is 0 Å². The Bertz CT molecular complexity index is 1610. The van der Waals surface area contributed by atoms with Crippen LogP contribution in [0.2, 0.25) is 0 Å². The molecule has 0 spiro atoms. The van der Waals surface area contributed by atoms with E-state index in [4.69, 9.17) is 4.74 Å². The number of nitrogens with one attached hydrogen (secondary N) is 1. The van der Waals surface area contributed by atoms with Crippen molar-refractivity contribution >= 4 is 33.8 Å². The molecule has 0 radical (unpaired) electrons. The van der Waals surface area contributed by atoms with Crippen molar-refractivity contribution in [3.63, 3.8) is 0 Å². The first-order chi connectivity index (χ1) is 24.4. The molecule has 5 rings (SSSR count). The van der Waals surface area contributed by atoms with Crippen LogP contribution in [0.25, 0.3) is 10.8 Å². The summed E-state index contributed by atoms with van der Waals surface area (Å²) in [4.78, 5) is 17.5. The summed E-state index contributed by atoms with van der Waals surface area (Å²) in [6.07, 6.45) is 8.37. The van der Waals surface area contributed by atoms with E-state index in [1.165, 1.54) is 38.8 Å². The number of esters is 1. The highest BCUT2D eigenvalue weighted by atomic mass is 16.5. The van der Waals surface area contributed by atoms with Crippen LogP contribution in [0, 0.1) is 0 Å². The number of nitrogens with zero attached hydrogens (tertiary/aromatic N) is 2. The number of benzene rings is 4. The smallest absolute Gasteiger partial charge is 0.333 e. The molecule has 0 bridgehead atoms. The van der Waals surface area contributed by atoms with Gasteiger partial charge in [-0.2, -0.15) is 0 Å². The summed E-state index contributed by atoms with van der Waals surface area (Å²) in [6.45, 7) is 18.8. The largest absolute Gasteiger partial charge is 0.457 e. The van der Waals surface area contributed by atoms with Gasteiger partial charge in [0.1, 0.15) is 6.10 Å². The predicted octanol–water partition coefficient (Wildman–Crippen LogP) is 11.1. The average molecular weight is 674 g/mol. The molecule has 0 aromatic heterocycles. The third-order valence-electron chi connectivity index (χ3n) is 10.1. The lowest BCUT2D eigenvalue weighted by molar-refractivity contribution is -0.146. The molecule has 2 atom stereocenters. The first-order valence-corrected chi connectivity index (χ1v) is 19.2. The molecule has 1 N–H and O–H groups in total. The Hall–Kier alpha value is -4.25. The molecule has 0 amide bonds. The van der Waals surface area contributed by atoms with Crippen LogP contribution in [-0.4, -0.2) is 44.3 Å². The molecule has 4 aromatic rings. The fraction of sp³-hybridized carbons (Fsp3) is 0.444. The van der Waals surface area contributed by atoms with Gasteiger partial charge in [0.05, 0.1) is 6.04 Å². The summed E-state index contributed by atoms with van der Waals surface area (Å²) in [7, 11) is 0. The quantitative estimate of drug-likeness (QED) is 0.0686. The van der Waals surface area contributed by atoms with Gasteiger partial charge in [-0.15, -0.1) is 0 Å². The van der Waals surface area contributed by atoms with Crippen LogP contribution < -0.4 is 15.1 Å². The predicted molar refractivity (Wildman–Crippen MR) is 214 cm³/mol. The standard InChI is InChI=1S/C45H59N3O2/c1-7-29-47(30-8-2)36-23-19-34(20-24-36)44(35-21-25-37(26-22-35)48(31-9-3)32-10-4)40-27-28-41(39-16-12-11-15-38(39)40)46-42-17-13-14-18-43(42)50-45(49)33(5)6/h11-12,15-16,19-28,42-44,46H,5,7-10,13-14,17-18,29-32H2,1-4,6H3. The maximum absolute atomic E-state index is 12.5. The van der Waals surface area contributed by atoms with E-state index in [0.29, 0.717) is 5.57 Å². The fourth-order valence-corrected chi connectivity index (χ4v) is 7.67. The van der Waals surface area contributed by atoms with Crippen LogP contribution in [0.15, 0.2) is 97.1 Å². The van der Waals surface area contributed by atoms with Crippen molar-refractivity contribution in [3.05, 3.63) is 114 Å². The van der Waals surface area contributed by atoms with Crippen LogP contribution in [0.3, 0.4) is 0 Å². The summed E-state index contributed by atoms with van der Waals surface area (Å²) >= 11 is 0. The molecular weight excluding hydrogens is 615 g/mol. The highest BCUT2D eigenvalue weighted by Crippen LogP contribution is 2.40. The third kappa shape index (κ3) is 8.91. The van der Waals surface area contributed by atoms with Gasteiger partial charge in [-0.3, -0.25) is 0 Å². The summed E-state index contributed by atoms with van der Waals surface area (Å²) in [5.41, 5.74) is 7.99. The van der Waals surface area contributed by atoms with Crippen molar-refractivity contribution in [3.8, 4) is 0 Å². The maximum Gasteiger partial charge on any atom is 0.333 e. The lowest BCUT2D eigenvalue weighted by Crippen LogP contribution is -2.40. The summed E-state index contributed by atoms with van der Waals surface area (Å²) in [6, 6.07) is 32.0. The lowest BCUT2D eigenvalue weighted by atomic mass is 9.82. The Morgan fingerprint density at radius 2 is 1.22 bits per heavy atom. The van der Waals surface area contributed by atoms with Crippen LogP contribution in [0.4, 0.5) is 17.1 Å². The van der Waals surface area contributed by atoms with Gasteiger partial charge in [0, 0.05) is 60.1 Å². The SMILES string of the molecule is C=C(C)C(=O)OC1CCCCC1Nc1ccc(C(c2ccc(N(CCC)CCC)cc2)c2ccc(N(CCC)CCC)cc2)c2ccccc12. The van der Waals surface area contributed by atoms with Gasteiger partial charge in [-0.05, 0) is 104 Å². The van der Waals surface area contributed by atoms with Crippen LogP contribution >= 0.6 is 0 Å². The molecule has 266 valence electrons. The number of rotatable bonds is 17. The second-order valence-corrected chi connectivity index (χ2v) is 14.1. The van der Waals surface area contributed by atoms with Crippen LogP contribution in [0.1, 0.15) is 109 Å². The molecule has 2 unspecified atom stereocenters. The molecule has 0 heterocycles. The topological polar surface area (TPSA) is 44.8 Å². The molecular formula is C45H59N3O2. The zero-order valence-electron chi connectivity index (χ0n) is 31.2. The summed E-state index contributed by atoms with van der Waals surface area (Å²) < 4.78 is 5.93. The Balaban J connectivity index is 1.56. The second kappa shape index (κ2) is 18.1. The number of ether oxygens (including phenoxy) is 1. The Morgan fingerprint density at radius 1 is 0.720 bits per heavy atom. The number of carbonyl (C=O) groups is 1. The first kappa shape index (κ1) is 37.0. The van der Waals surface area contributed by atoms with Gasteiger partial charge in [-0.1, -0.05) is 95.3 Å². The minimum atomic E-state index is -0.302. The normalized spacial score (nSPS) is 16.0. The molecule has 0 saturated heterocycles. The lowest BCUT2D eigenvalue weighted by Gasteiger charge is -2.33. The third-order valence-corrected chi connectivity index (χ3v) is 10.1. The minimum absolute atomic E-state index is 0.0561. The van der Waals surface area contributed by atoms with E-state index in [0.717, 1.165) is 83.2 Å². The van der Waals surface area contributed by atoms with E-state index < -0.39 is 0 Å². The van der Waals surface area contributed by atoms with E-state index in [2.05, 4.69) is 134 Å². The van der Waals surface area contributed by atoms with Crippen molar-refractivity contribution in [1.82, 2.24) is 0 Å². The first-order valence-electron chi connectivity index (χ1n) is 19.2. The highest BCUT2D eigenvalue weighted by Gasteiger charge is 2.29. The van der Waals surface area contributed by atoms with Gasteiger partial charge in [0.25, 0.3) is 0 Å². The molecule has 1 fully saturated rings. The monoisotopic (exact) mass is 673 g/mol. The number of hydrogen-bond acceptors (Lipinski definition) is 5. The Morgan fingerprint density at radius 3 is 1.72 bits per heavy atom. The molecule has 5 nitrogen and oxygen atoms in total. The maximum atomic E-state index is 12.5. The Labute approximate surface area is 301 Å². The van der Waals surface area contributed by atoms with Gasteiger partial charge in [-0.25, -0.2) is 4.79 Å². The van der Waals surface area contributed by atoms with Gasteiger partial charge >= 0.3 is 5.97 Å². The molecule has 50 heavy (non-hydrogen) atoms. The second-order valence-electron chi connectivity index (χ2n) is 14.1. The van der Waals surface area contributed by atoms with E-state index in [9.17, 15) is 4.79 Å². The molecule has 1 aliphatic carbocycles. The van der Waals surface area contributed by atoms with Crippen molar-refractivity contribution < 1.29 is 9.53 Å². The number of anilines is 3. The highest BCUT2D eigenvalue weighted by molar-refractivity contribution is 5.97. The number of carbonyl (C=O) groups excluding carboxylic acids is 1. The minimum Gasteiger partial charge on any atom is -0.457 e. The molecule has 4 aromatic carbocycles. The Kier molecular flexibility index (Phi) is 13.4. The summed E-state index contributed by atoms with van der Waals surface area (Å²) in [5.74, 6) is -0.239. The van der Waals surface area contributed by atoms with E-state index in [1.807, 2.05) is 0 Å². The zero-order chi connectivity index (χ0) is 35.5. The van der Waals surface area contributed by atoms with E-state index >= 15 is 0 Å². The number of fused-ring (bicyclic) bond motifs is 1. The number of hydrogen-bond donors (Lipinski definition) is 1.